The highest BCUT2D eigenvalue weighted by atomic mass is 79.9. The largest absolute Gasteiger partial charge is 0.454 e. The van der Waals surface area contributed by atoms with Crippen molar-refractivity contribution in [1.82, 2.24) is 0 Å². The van der Waals surface area contributed by atoms with Gasteiger partial charge in [-0.05, 0) is 63.5 Å². The number of ether oxygens (including phenoxy) is 2. The summed E-state index contributed by atoms with van der Waals surface area (Å²) in [5.41, 5.74) is 1.27. The number of rotatable bonds is 7. The first-order valence-corrected chi connectivity index (χ1v) is 9.69. The first-order valence-electron chi connectivity index (χ1n) is 8.90. The summed E-state index contributed by atoms with van der Waals surface area (Å²) in [6.45, 7) is 4.67. The predicted molar refractivity (Wildman–Crippen MR) is 110 cm³/mol. The van der Waals surface area contributed by atoms with Crippen LogP contribution in [0.3, 0.4) is 0 Å². The van der Waals surface area contributed by atoms with Gasteiger partial charge in [0.15, 0.2) is 11.6 Å². The van der Waals surface area contributed by atoms with E-state index in [0.29, 0.717) is 23.4 Å². The fourth-order valence-corrected chi connectivity index (χ4v) is 3.00. The van der Waals surface area contributed by atoms with Gasteiger partial charge in [-0.2, -0.15) is 0 Å². The molecule has 5 heteroatoms. The van der Waals surface area contributed by atoms with Crippen LogP contribution >= 0.6 is 15.9 Å². The maximum atomic E-state index is 14.1. The Morgan fingerprint density at radius 2 is 1.64 bits per heavy atom. The summed E-state index contributed by atoms with van der Waals surface area (Å²) in [6, 6.07) is 18.8. The van der Waals surface area contributed by atoms with Crippen molar-refractivity contribution in [2.75, 3.05) is 6.61 Å². The highest BCUT2D eigenvalue weighted by Crippen LogP contribution is 2.29. The molecule has 0 saturated carbocycles. The van der Waals surface area contributed by atoms with E-state index in [1.54, 1.807) is 30.3 Å². The van der Waals surface area contributed by atoms with Crippen molar-refractivity contribution < 1.29 is 18.3 Å². The van der Waals surface area contributed by atoms with Crippen LogP contribution in [0.1, 0.15) is 25.0 Å². The number of halogens is 3. The van der Waals surface area contributed by atoms with Gasteiger partial charge >= 0.3 is 0 Å². The van der Waals surface area contributed by atoms with Crippen LogP contribution in [0.4, 0.5) is 8.78 Å². The smallest absolute Gasteiger partial charge is 0.165 e. The third-order valence-electron chi connectivity index (χ3n) is 4.40. The monoisotopic (exact) mass is 446 g/mol. The fourth-order valence-electron chi connectivity index (χ4n) is 2.76. The molecule has 0 aromatic heterocycles. The Kier molecular flexibility index (Phi) is 6.47. The zero-order chi connectivity index (χ0) is 20.1. The van der Waals surface area contributed by atoms with E-state index >= 15 is 0 Å². The predicted octanol–water partition coefficient (Wildman–Crippen LogP) is 7.01. The molecule has 0 radical (unpaired) electrons. The maximum absolute atomic E-state index is 14.1. The molecule has 0 atom stereocenters. The van der Waals surface area contributed by atoms with E-state index in [1.807, 2.05) is 38.1 Å². The molecular formula is C23H21BrF2O2. The van der Waals surface area contributed by atoms with Crippen molar-refractivity contribution >= 4 is 15.9 Å². The van der Waals surface area contributed by atoms with Crippen LogP contribution in [0.2, 0.25) is 0 Å². The van der Waals surface area contributed by atoms with Gasteiger partial charge in [-0.3, -0.25) is 0 Å². The summed E-state index contributed by atoms with van der Waals surface area (Å²) in [4.78, 5) is 0. The van der Waals surface area contributed by atoms with Gasteiger partial charge in [0.25, 0.3) is 0 Å². The van der Waals surface area contributed by atoms with E-state index < -0.39 is 5.82 Å². The first kappa shape index (κ1) is 20.5. The molecule has 0 fully saturated rings. The van der Waals surface area contributed by atoms with Crippen LogP contribution in [-0.2, 0) is 16.8 Å². The average Bonchev–Trinajstić information content (AvgIpc) is 2.67. The molecule has 0 spiro atoms. The summed E-state index contributed by atoms with van der Waals surface area (Å²) in [6.07, 6.45) is 0. The van der Waals surface area contributed by atoms with Gasteiger partial charge in [-0.15, -0.1) is 0 Å². The molecule has 3 aromatic carbocycles. The molecule has 28 heavy (non-hydrogen) atoms. The van der Waals surface area contributed by atoms with Crippen molar-refractivity contribution in [3.05, 3.63) is 94.0 Å². The second-order valence-corrected chi connectivity index (χ2v) is 8.04. The molecule has 2 nitrogen and oxygen atoms in total. The van der Waals surface area contributed by atoms with Crippen LogP contribution in [0.5, 0.6) is 11.5 Å². The Morgan fingerprint density at radius 1 is 0.893 bits per heavy atom. The van der Waals surface area contributed by atoms with Crippen molar-refractivity contribution in [3.8, 4) is 11.5 Å². The second kappa shape index (κ2) is 8.84. The van der Waals surface area contributed by atoms with E-state index in [-0.39, 0.29) is 17.0 Å². The summed E-state index contributed by atoms with van der Waals surface area (Å²) >= 11 is 3.17. The Hall–Kier alpha value is -2.24. The Balaban J connectivity index is 1.64. The van der Waals surface area contributed by atoms with E-state index in [2.05, 4.69) is 15.9 Å². The zero-order valence-corrected chi connectivity index (χ0v) is 17.3. The molecule has 0 heterocycles. The zero-order valence-electron chi connectivity index (χ0n) is 15.7. The van der Waals surface area contributed by atoms with Crippen molar-refractivity contribution in [2.45, 2.75) is 25.9 Å². The van der Waals surface area contributed by atoms with Crippen molar-refractivity contribution in [3.63, 3.8) is 0 Å². The van der Waals surface area contributed by atoms with Crippen LogP contribution in [0.15, 0.2) is 71.2 Å². The second-order valence-electron chi connectivity index (χ2n) is 7.19. The summed E-state index contributed by atoms with van der Waals surface area (Å²) in [5, 5.41) is 0. The van der Waals surface area contributed by atoms with Gasteiger partial charge in [0.2, 0.25) is 0 Å². The summed E-state index contributed by atoms with van der Waals surface area (Å²) < 4.78 is 39.8. The van der Waals surface area contributed by atoms with Gasteiger partial charge in [0.05, 0.1) is 17.7 Å². The molecule has 0 aliphatic carbocycles. The molecule has 146 valence electrons. The molecule has 0 aliphatic heterocycles. The van der Waals surface area contributed by atoms with E-state index in [0.717, 1.165) is 11.1 Å². The lowest BCUT2D eigenvalue weighted by Crippen LogP contribution is -2.24. The minimum Gasteiger partial charge on any atom is -0.454 e. The van der Waals surface area contributed by atoms with E-state index in [1.165, 1.54) is 12.1 Å². The van der Waals surface area contributed by atoms with Crippen molar-refractivity contribution in [2.24, 2.45) is 0 Å². The molecule has 0 amide bonds. The number of benzene rings is 3. The topological polar surface area (TPSA) is 18.5 Å². The number of para-hydroxylation sites is 1. The van der Waals surface area contributed by atoms with Gasteiger partial charge in [0.1, 0.15) is 11.6 Å². The third kappa shape index (κ3) is 5.18. The van der Waals surface area contributed by atoms with Crippen molar-refractivity contribution in [1.29, 1.82) is 0 Å². The lowest BCUT2D eigenvalue weighted by atomic mass is 9.85. The van der Waals surface area contributed by atoms with Crippen LogP contribution in [0.25, 0.3) is 0 Å². The lowest BCUT2D eigenvalue weighted by molar-refractivity contribution is 0.0822. The molecule has 0 N–H and O–H groups in total. The lowest BCUT2D eigenvalue weighted by Gasteiger charge is -2.25. The summed E-state index contributed by atoms with van der Waals surface area (Å²) in [5.74, 6) is -0.00973. The number of hydrogen-bond acceptors (Lipinski definition) is 2. The molecular weight excluding hydrogens is 426 g/mol. The maximum Gasteiger partial charge on any atom is 0.165 e. The quantitative estimate of drug-likeness (QED) is 0.388. The molecule has 0 bridgehead atoms. The molecule has 0 unspecified atom stereocenters. The van der Waals surface area contributed by atoms with Gasteiger partial charge in [-0.25, -0.2) is 8.78 Å². The summed E-state index contributed by atoms with van der Waals surface area (Å²) in [7, 11) is 0. The van der Waals surface area contributed by atoms with Crippen LogP contribution < -0.4 is 4.74 Å². The average molecular weight is 447 g/mol. The van der Waals surface area contributed by atoms with Gasteiger partial charge < -0.3 is 9.47 Å². The molecule has 3 rings (SSSR count). The highest BCUT2D eigenvalue weighted by molar-refractivity contribution is 9.10. The van der Waals surface area contributed by atoms with Crippen LogP contribution in [0, 0.1) is 11.6 Å². The molecule has 3 aromatic rings. The molecule has 0 saturated heterocycles. The highest BCUT2D eigenvalue weighted by Gasteiger charge is 2.22. The van der Waals surface area contributed by atoms with E-state index in [9.17, 15) is 8.78 Å². The number of hydrogen-bond donors (Lipinski definition) is 0. The third-order valence-corrected chi connectivity index (χ3v) is 5.04. The SMILES string of the molecule is CC(C)(COCc1ccc(F)c(Oc2ccccc2)c1)c1ccc(Br)c(F)c1. The van der Waals surface area contributed by atoms with E-state index in [4.69, 9.17) is 9.47 Å². The Labute approximate surface area is 172 Å². The normalized spacial score (nSPS) is 11.5. The molecule has 0 aliphatic rings. The van der Waals surface area contributed by atoms with Crippen LogP contribution in [-0.4, -0.2) is 6.61 Å². The minimum atomic E-state index is -0.432. The standard InChI is InChI=1S/C23H21BrF2O2/c1-23(2,17-9-10-19(24)21(26)13-17)15-27-14-16-8-11-20(25)22(12-16)28-18-6-4-3-5-7-18/h3-13H,14-15H2,1-2H3. The van der Waals surface area contributed by atoms with Gasteiger partial charge in [0, 0.05) is 5.41 Å². The Morgan fingerprint density at radius 3 is 2.36 bits per heavy atom. The first-order chi connectivity index (χ1) is 13.3. The van der Waals surface area contributed by atoms with Gasteiger partial charge in [-0.1, -0.05) is 44.2 Å². The minimum absolute atomic E-state index is 0.154. The Bertz CT molecular complexity index is 943. The fraction of sp³-hybridized carbons (Fsp3) is 0.217.